The number of phenols is 1. The lowest BCUT2D eigenvalue weighted by atomic mass is 9.87. The van der Waals surface area contributed by atoms with E-state index in [2.05, 4.69) is 24.8 Å². The summed E-state index contributed by atoms with van der Waals surface area (Å²) in [5.74, 6) is 1.09. The van der Waals surface area contributed by atoms with Gasteiger partial charge in [0.2, 0.25) is 0 Å². The van der Waals surface area contributed by atoms with Crippen LogP contribution >= 0.6 is 23.2 Å². The SMILES string of the molecule is CCOc1ccc(C(=O)CCC(C)(O)c2cc(C(C)(C)N)cc(-c3ccc(F)c(Cl)c3)n2)cc1OC.CCOc1ccc(C(=O)CCC(C)(O)c2cc(C(C)(C)NC(=O)OC(C)(C)C)cc(-c3ccc(F)c(Cl)c3)n2)cc1OC.CCOc1ccc(C(=O)O)cc1OC.CCOc1ccc(C(=O)OC)cc1OC.COC(=O)c1ccc(O)c(OC)c1. The largest absolute Gasteiger partial charge is 0.504 e. The van der Waals surface area contributed by atoms with Gasteiger partial charge in [-0.1, -0.05) is 23.2 Å². The number of ether oxygens (including phenoxy) is 12. The number of ketones is 2. The summed E-state index contributed by atoms with van der Waals surface area (Å²) in [5.41, 5.74) is 6.73. The molecule has 0 saturated heterocycles. The number of nitrogens with one attached hydrogen (secondary N) is 1. The molecule has 7 aromatic carbocycles. The van der Waals surface area contributed by atoms with Gasteiger partial charge in [0.1, 0.15) is 28.4 Å². The van der Waals surface area contributed by atoms with E-state index in [1.54, 1.807) is 139 Å². The molecule has 0 saturated carbocycles. The number of halogens is 4. The molecule has 0 aliphatic rings. The normalized spacial score (nSPS) is 11.9. The average molecular weight is 1720 g/mol. The summed E-state index contributed by atoms with van der Waals surface area (Å²) in [6.07, 6.45) is -0.383. The van der Waals surface area contributed by atoms with E-state index >= 15 is 0 Å². The molecule has 9 rings (SSSR count). The number of Topliss-reactive ketones (excluding diaryl/α,β-unsaturated/α-hetero) is 2. The zero-order chi connectivity index (χ0) is 90.5. The summed E-state index contributed by atoms with van der Waals surface area (Å²) in [6.45, 7) is 25.2. The molecule has 7 N–H and O–H groups in total. The Balaban J connectivity index is 0.000000295. The first-order valence-electron chi connectivity index (χ1n) is 38.2. The zero-order valence-corrected chi connectivity index (χ0v) is 73.2. The molecule has 0 spiro atoms. The van der Waals surface area contributed by atoms with Crippen LogP contribution in [0.5, 0.6) is 57.5 Å². The molecule has 0 fully saturated rings. The molecule has 0 aliphatic heterocycles. The van der Waals surface area contributed by atoms with E-state index in [4.69, 9.17) is 81.4 Å². The minimum atomic E-state index is -1.55. The van der Waals surface area contributed by atoms with Gasteiger partial charge in [-0.05, 0) is 266 Å². The van der Waals surface area contributed by atoms with Crippen molar-refractivity contribution in [3.8, 4) is 80.0 Å². The Morgan fingerprint density at radius 2 is 0.760 bits per heavy atom. The highest BCUT2D eigenvalue weighted by atomic mass is 35.5. The third kappa shape index (κ3) is 29.5. The third-order valence-electron chi connectivity index (χ3n) is 17.9. The number of carbonyl (C=O) groups is 6. The van der Waals surface area contributed by atoms with Crippen molar-refractivity contribution in [1.82, 2.24) is 15.3 Å². The van der Waals surface area contributed by atoms with Crippen LogP contribution in [-0.2, 0) is 36.5 Å². The maximum Gasteiger partial charge on any atom is 0.408 e. The van der Waals surface area contributed by atoms with Gasteiger partial charge in [0.05, 0.1) is 131 Å². The number of carboxylic acid groups (broad SMARTS) is 1. The predicted octanol–water partition coefficient (Wildman–Crippen LogP) is 18.5. The van der Waals surface area contributed by atoms with Crippen molar-refractivity contribution in [2.45, 2.75) is 144 Å². The molecule has 30 heteroatoms. The van der Waals surface area contributed by atoms with Crippen LogP contribution in [0, 0.1) is 11.6 Å². The number of rotatable bonds is 31. The number of aromatic nitrogens is 2. The van der Waals surface area contributed by atoms with Gasteiger partial charge >= 0.3 is 24.0 Å². The minimum Gasteiger partial charge on any atom is -0.504 e. The van der Waals surface area contributed by atoms with Crippen molar-refractivity contribution in [2.24, 2.45) is 5.73 Å². The van der Waals surface area contributed by atoms with Gasteiger partial charge in [-0.2, -0.15) is 0 Å². The second-order valence-electron chi connectivity index (χ2n) is 29.2. The number of alkyl carbamates (subject to hydrolysis) is 1. The first-order valence-corrected chi connectivity index (χ1v) is 38.9. The number of nitrogens with two attached hydrogens (primary N) is 1. The summed E-state index contributed by atoms with van der Waals surface area (Å²) < 4.78 is 89.5. The average Bonchev–Trinajstić information content (AvgIpc) is 0.770. The number of aromatic hydroxyl groups is 1. The van der Waals surface area contributed by atoms with Gasteiger partial charge in [-0.3, -0.25) is 9.59 Å². The lowest BCUT2D eigenvalue weighted by molar-refractivity contribution is 0.0393. The van der Waals surface area contributed by atoms with Crippen LogP contribution in [-0.4, -0.2) is 148 Å². The van der Waals surface area contributed by atoms with E-state index < -0.39 is 63.5 Å². The predicted molar refractivity (Wildman–Crippen MR) is 456 cm³/mol. The van der Waals surface area contributed by atoms with Crippen molar-refractivity contribution < 1.29 is 115 Å². The molecule has 2 heterocycles. The number of carbonyl (C=O) groups excluding carboxylic acids is 5. The van der Waals surface area contributed by atoms with Crippen LogP contribution in [0.3, 0.4) is 0 Å². The van der Waals surface area contributed by atoms with Gasteiger partial charge < -0.3 is 88.3 Å². The maximum absolute atomic E-state index is 14.0. The minimum absolute atomic E-state index is 0.00449. The van der Waals surface area contributed by atoms with E-state index in [9.17, 15) is 52.9 Å². The standard InChI is InChI=1S/C33H40ClFN2O6.C28H32ClFN2O4.C11H14O4.C10H12O4.C9H10O4/c1-9-42-27-13-11-21(17-28(27)41-8)26(38)14-15-33(7,40)29-19-22(32(5,6)37-30(39)43-31(2,3)4)18-25(36-29)20-10-12-24(35)23(34)16-20;1-6-36-24-10-8-18(14-25(24)35-5)23(33)11-12-28(4,34)26-16-19(27(2,3)31)15-22(32-26)17-7-9-21(30)20(29)13-17;1-4-15-9-6-5-8(11(12)14-3)7-10(9)13-2;1-3-14-8-5-4-7(10(11)12)6-9(8)13-2;1-12-8-5-6(9(11)13-2)3-4-7(8)10/h10-13,16-19,40H,9,14-15H2,1-8H3,(H,37,39);7-10,13-16,34H,6,11-12,31H2,1-5H3;5-7H,4H2,1-3H3;4-6H,3H2,1-2H3,(H,11,12);3-5,10H,1-2H3. The Morgan fingerprint density at radius 1 is 0.430 bits per heavy atom. The van der Waals surface area contributed by atoms with Crippen molar-refractivity contribution >= 4 is 58.8 Å². The number of pyridine rings is 2. The molecular weight excluding hydrogens is 1610 g/mol. The maximum atomic E-state index is 14.0. The summed E-state index contributed by atoms with van der Waals surface area (Å²) >= 11 is 12.0. The van der Waals surface area contributed by atoms with Gasteiger partial charge in [0, 0.05) is 40.6 Å². The summed E-state index contributed by atoms with van der Waals surface area (Å²) in [5, 5.41) is 43.7. The number of benzene rings is 7. The van der Waals surface area contributed by atoms with Crippen LogP contribution in [0.15, 0.2) is 152 Å². The monoisotopic (exact) mass is 1720 g/mol. The van der Waals surface area contributed by atoms with Crippen molar-refractivity contribution in [3.05, 3.63) is 224 Å². The fourth-order valence-corrected chi connectivity index (χ4v) is 11.6. The lowest BCUT2D eigenvalue weighted by Crippen LogP contribution is -2.44. The Bertz CT molecular complexity index is 5050. The van der Waals surface area contributed by atoms with Crippen molar-refractivity contribution in [3.63, 3.8) is 0 Å². The van der Waals surface area contributed by atoms with Gasteiger partial charge in [-0.25, -0.2) is 37.9 Å². The number of methoxy groups -OCH3 is 7. The first kappa shape index (κ1) is 99.7. The molecule has 121 heavy (non-hydrogen) atoms. The molecular formula is C91H108Cl2F2N4O22. The smallest absolute Gasteiger partial charge is 0.408 e. The second kappa shape index (κ2) is 45.5. The van der Waals surface area contributed by atoms with Crippen molar-refractivity contribution in [1.29, 1.82) is 0 Å². The molecule has 1 amide bonds. The number of nitrogens with zero attached hydrogens (tertiary/aromatic N) is 2. The number of hydrogen-bond donors (Lipinski definition) is 6. The molecule has 2 atom stereocenters. The summed E-state index contributed by atoms with van der Waals surface area (Å²) in [4.78, 5) is 81.0. The molecule has 26 nitrogen and oxygen atoms in total. The molecule has 0 bridgehead atoms. The summed E-state index contributed by atoms with van der Waals surface area (Å²) in [6, 6.07) is 39.1. The zero-order valence-electron chi connectivity index (χ0n) is 71.7. The van der Waals surface area contributed by atoms with Crippen LogP contribution in [0.2, 0.25) is 10.0 Å². The van der Waals surface area contributed by atoms with Crippen LogP contribution in [0.25, 0.3) is 22.5 Å². The number of carboxylic acids is 1. The fraction of sp³-hybridized carbons (Fsp3) is 0.363. The van der Waals surface area contributed by atoms with E-state index in [1.165, 1.54) is 110 Å². The third-order valence-corrected chi connectivity index (χ3v) is 18.5. The summed E-state index contributed by atoms with van der Waals surface area (Å²) in [7, 11) is 10.1. The van der Waals surface area contributed by atoms with E-state index in [0.29, 0.717) is 128 Å². The number of hydrogen-bond acceptors (Lipinski definition) is 24. The topological polar surface area (TPSA) is 358 Å². The number of esters is 2. The highest BCUT2D eigenvalue weighted by molar-refractivity contribution is 6.31. The quantitative estimate of drug-likeness (QED) is 0.0133. The molecule has 2 unspecified atom stereocenters. The number of aromatic carboxylic acids is 1. The molecule has 652 valence electrons. The fourth-order valence-electron chi connectivity index (χ4n) is 11.3. The first-order chi connectivity index (χ1) is 56.9. The number of aliphatic hydroxyl groups is 2. The molecule has 0 radical (unpaired) electrons. The van der Waals surface area contributed by atoms with Crippen LogP contribution < -0.4 is 53.7 Å². The van der Waals surface area contributed by atoms with Gasteiger partial charge in [0.25, 0.3) is 0 Å². The van der Waals surface area contributed by atoms with Gasteiger partial charge in [0.15, 0.2) is 69.1 Å². The molecule has 9 aromatic rings. The van der Waals surface area contributed by atoms with E-state index in [-0.39, 0.29) is 70.1 Å². The lowest BCUT2D eigenvalue weighted by Gasteiger charge is -2.31. The molecule has 2 aromatic heterocycles. The van der Waals surface area contributed by atoms with Crippen molar-refractivity contribution in [2.75, 3.05) is 76.2 Å². The van der Waals surface area contributed by atoms with E-state index in [0.717, 1.165) is 5.56 Å². The second-order valence-corrected chi connectivity index (χ2v) is 30.1. The van der Waals surface area contributed by atoms with E-state index in [1.807, 2.05) is 41.5 Å². The van der Waals surface area contributed by atoms with Gasteiger partial charge in [-0.15, -0.1) is 0 Å². The Kier molecular flexibility index (Phi) is 37.5. The number of phenolic OH excluding ortho intramolecular Hbond substituents is 1. The number of amides is 1. The van der Waals surface area contributed by atoms with Crippen LogP contribution in [0.4, 0.5) is 13.6 Å². The highest BCUT2D eigenvalue weighted by Gasteiger charge is 2.34. The Hall–Kier alpha value is -11.8. The highest BCUT2D eigenvalue weighted by Crippen LogP contribution is 2.39. The Labute approximate surface area is 714 Å². The Morgan fingerprint density at radius 3 is 1.10 bits per heavy atom. The molecule has 0 aliphatic carbocycles. The van der Waals surface area contributed by atoms with Crippen LogP contribution in [0.1, 0.15) is 190 Å².